The fourth-order valence-electron chi connectivity index (χ4n) is 2.29. The highest BCUT2D eigenvalue weighted by Gasteiger charge is 2.26. The van der Waals surface area contributed by atoms with Gasteiger partial charge in [-0.25, -0.2) is 10.2 Å². The molecule has 7 nitrogen and oxygen atoms in total. The molecule has 0 bridgehead atoms. The molecule has 0 saturated heterocycles. The molecule has 0 aromatic carbocycles. The molecule has 2 N–H and O–H groups in total. The van der Waals surface area contributed by atoms with E-state index in [0.717, 1.165) is 25.7 Å². The summed E-state index contributed by atoms with van der Waals surface area (Å²) in [5.74, 6) is -1.17. The summed E-state index contributed by atoms with van der Waals surface area (Å²) in [4.78, 5) is 34.6. The minimum atomic E-state index is -0.858. The van der Waals surface area contributed by atoms with Gasteiger partial charge in [0.25, 0.3) is 5.91 Å². The van der Waals surface area contributed by atoms with Crippen LogP contribution in [-0.4, -0.2) is 35.6 Å². The van der Waals surface area contributed by atoms with Gasteiger partial charge in [-0.05, 0) is 19.8 Å². The number of hydrazone groups is 1. The average molecular weight is 281 g/mol. The van der Waals surface area contributed by atoms with E-state index in [0.29, 0.717) is 0 Å². The molecule has 1 aliphatic heterocycles. The molecule has 1 fully saturated rings. The van der Waals surface area contributed by atoms with E-state index >= 15 is 0 Å². The largest absolute Gasteiger partial charge is 0.448 e. The molecule has 2 aliphatic rings. The van der Waals surface area contributed by atoms with Crippen LogP contribution < -0.4 is 10.7 Å². The highest BCUT2D eigenvalue weighted by atomic mass is 16.5. The Bertz CT molecular complexity index is 441. The van der Waals surface area contributed by atoms with Gasteiger partial charge in [-0.3, -0.25) is 9.59 Å². The van der Waals surface area contributed by atoms with Crippen LogP contribution in [0.5, 0.6) is 0 Å². The Kier molecular flexibility index (Phi) is 4.70. The SMILES string of the molecule is C[C@H](OC(=O)C1=NNC(=O)CC1)C(=O)NC1CCCC1. The van der Waals surface area contributed by atoms with E-state index in [2.05, 4.69) is 15.8 Å². The zero-order chi connectivity index (χ0) is 14.5. The standard InChI is InChI=1S/C13H19N3O4/c1-8(12(18)14-9-4-2-3-5-9)20-13(19)10-6-7-11(17)16-15-10/h8-9H,2-7H2,1H3,(H,14,18)(H,16,17)/t8-/m0/s1. The van der Waals surface area contributed by atoms with Crippen LogP contribution in [0.3, 0.4) is 0 Å². The lowest BCUT2D eigenvalue weighted by Gasteiger charge is -2.18. The summed E-state index contributed by atoms with van der Waals surface area (Å²) in [6, 6.07) is 0.190. The number of amides is 2. The van der Waals surface area contributed by atoms with E-state index < -0.39 is 12.1 Å². The summed E-state index contributed by atoms with van der Waals surface area (Å²) < 4.78 is 5.06. The number of esters is 1. The molecular formula is C13H19N3O4. The van der Waals surface area contributed by atoms with Crippen molar-refractivity contribution in [1.82, 2.24) is 10.7 Å². The molecule has 0 unspecified atom stereocenters. The molecule has 110 valence electrons. The van der Waals surface area contributed by atoms with Crippen molar-refractivity contribution < 1.29 is 19.1 Å². The first-order chi connectivity index (χ1) is 9.56. The number of nitrogens with one attached hydrogen (secondary N) is 2. The first-order valence-corrected chi connectivity index (χ1v) is 6.93. The molecule has 20 heavy (non-hydrogen) atoms. The van der Waals surface area contributed by atoms with Crippen molar-refractivity contribution in [2.75, 3.05) is 0 Å². The third-order valence-corrected chi connectivity index (χ3v) is 3.49. The number of rotatable bonds is 4. The first kappa shape index (κ1) is 14.5. The number of ether oxygens (including phenoxy) is 1. The maximum atomic E-state index is 11.9. The summed E-state index contributed by atoms with van der Waals surface area (Å²) in [6.45, 7) is 1.53. The maximum absolute atomic E-state index is 11.9. The lowest BCUT2D eigenvalue weighted by Crippen LogP contribution is -2.42. The fourth-order valence-corrected chi connectivity index (χ4v) is 2.29. The van der Waals surface area contributed by atoms with Crippen LogP contribution in [0.2, 0.25) is 0 Å². The van der Waals surface area contributed by atoms with Crippen molar-refractivity contribution in [2.24, 2.45) is 5.10 Å². The van der Waals surface area contributed by atoms with E-state index in [1.165, 1.54) is 6.92 Å². The zero-order valence-corrected chi connectivity index (χ0v) is 11.5. The monoisotopic (exact) mass is 281 g/mol. The van der Waals surface area contributed by atoms with E-state index in [9.17, 15) is 14.4 Å². The van der Waals surface area contributed by atoms with Crippen molar-refractivity contribution in [2.45, 2.75) is 57.6 Å². The van der Waals surface area contributed by atoms with Gasteiger partial charge < -0.3 is 10.1 Å². The van der Waals surface area contributed by atoms with Crippen molar-refractivity contribution in [1.29, 1.82) is 0 Å². The third-order valence-electron chi connectivity index (χ3n) is 3.49. The highest BCUT2D eigenvalue weighted by molar-refractivity contribution is 6.37. The van der Waals surface area contributed by atoms with Gasteiger partial charge in [0.15, 0.2) is 6.10 Å². The Morgan fingerprint density at radius 3 is 2.65 bits per heavy atom. The molecule has 0 spiro atoms. The summed E-state index contributed by atoms with van der Waals surface area (Å²) in [7, 11) is 0. The molecule has 1 saturated carbocycles. The van der Waals surface area contributed by atoms with Crippen molar-refractivity contribution in [3.05, 3.63) is 0 Å². The van der Waals surface area contributed by atoms with Gasteiger partial charge in [-0.15, -0.1) is 0 Å². The van der Waals surface area contributed by atoms with Crippen molar-refractivity contribution in [3.63, 3.8) is 0 Å². The van der Waals surface area contributed by atoms with Gasteiger partial charge in [0, 0.05) is 18.9 Å². The van der Waals surface area contributed by atoms with Crippen LogP contribution >= 0.6 is 0 Å². The Hall–Kier alpha value is -1.92. The van der Waals surface area contributed by atoms with Crippen LogP contribution in [0.1, 0.15) is 45.4 Å². The average Bonchev–Trinajstić information content (AvgIpc) is 2.92. The minimum absolute atomic E-state index is 0.144. The summed E-state index contributed by atoms with van der Waals surface area (Å²) in [6.07, 6.45) is 3.78. The Labute approximate surface area is 117 Å². The minimum Gasteiger partial charge on any atom is -0.448 e. The molecule has 1 atom stereocenters. The van der Waals surface area contributed by atoms with E-state index in [1.54, 1.807) is 0 Å². The van der Waals surface area contributed by atoms with Gasteiger partial charge in [-0.1, -0.05) is 12.8 Å². The second-order valence-corrected chi connectivity index (χ2v) is 5.13. The molecule has 1 heterocycles. The highest BCUT2D eigenvalue weighted by Crippen LogP contribution is 2.17. The van der Waals surface area contributed by atoms with Gasteiger partial charge in [-0.2, -0.15) is 5.10 Å². The predicted octanol–water partition coefficient (Wildman–Crippen LogP) is 0.243. The Balaban J connectivity index is 1.80. The van der Waals surface area contributed by atoms with E-state index in [1.807, 2.05) is 0 Å². The lowest BCUT2D eigenvalue weighted by molar-refractivity contribution is -0.149. The van der Waals surface area contributed by atoms with Gasteiger partial charge in [0.05, 0.1) is 0 Å². The van der Waals surface area contributed by atoms with Crippen LogP contribution in [0, 0.1) is 0 Å². The maximum Gasteiger partial charge on any atom is 0.355 e. The van der Waals surface area contributed by atoms with E-state index in [4.69, 9.17) is 4.74 Å². The number of hydrogen-bond donors (Lipinski definition) is 2. The van der Waals surface area contributed by atoms with Gasteiger partial charge >= 0.3 is 5.97 Å². The number of carbonyl (C=O) groups excluding carboxylic acids is 3. The molecule has 0 aromatic rings. The summed E-state index contributed by atoms with van der Waals surface area (Å²) in [5, 5.41) is 6.51. The number of carbonyl (C=O) groups is 3. The molecule has 2 amide bonds. The van der Waals surface area contributed by atoms with E-state index in [-0.39, 0.29) is 36.4 Å². The molecular weight excluding hydrogens is 262 g/mol. The van der Waals surface area contributed by atoms with Crippen molar-refractivity contribution >= 4 is 23.5 Å². The van der Waals surface area contributed by atoms with Crippen LogP contribution in [0.4, 0.5) is 0 Å². The smallest absolute Gasteiger partial charge is 0.355 e. The first-order valence-electron chi connectivity index (χ1n) is 6.93. The fraction of sp³-hybridized carbons (Fsp3) is 0.692. The topological polar surface area (TPSA) is 96.9 Å². The Morgan fingerprint density at radius 2 is 2.05 bits per heavy atom. The van der Waals surface area contributed by atoms with Crippen LogP contribution in [0.25, 0.3) is 0 Å². The third kappa shape index (κ3) is 3.79. The Morgan fingerprint density at radius 1 is 1.35 bits per heavy atom. The summed E-state index contributed by atoms with van der Waals surface area (Å²) >= 11 is 0. The van der Waals surface area contributed by atoms with Crippen molar-refractivity contribution in [3.8, 4) is 0 Å². The lowest BCUT2D eigenvalue weighted by atomic mass is 10.2. The molecule has 2 rings (SSSR count). The summed E-state index contributed by atoms with van der Waals surface area (Å²) in [5.41, 5.74) is 2.37. The molecule has 0 radical (unpaired) electrons. The zero-order valence-electron chi connectivity index (χ0n) is 11.5. The predicted molar refractivity (Wildman–Crippen MR) is 70.8 cm³/mol. The van der Waals surface area contributed by atoms with Crippen LogP contribution in [-0.2, 0) is 19.1 Å². The second kappa shape index (κ2) is 6.49. The molecule has 7 heteroatoms. The number of nitrogens with zero attached hydrogens (tertiary/aromatic N) is 1. The second-order valence-electron chi connectivity index (χ2n) is 5.13. The quantitative estimate of drug-likeness (QED) is 0.721. The normalized spacial score (nSPS) is 20.9. The molecule has 1 aliphatic carbocycles. The van der Waals surface area contributed by atoms with Gasteiger partial charge in [0.2, 0.25) is 5.91 Å². The van der Waals surface area contributed by atoms with Crippen LogP contribution in [0.15, 0.2) is 5.10 Å². The van der Waals surface area contributed by atoms with Gasteiger partial charge in [0.1, 0.15) is 5.71 Å². The number of hydrogen-bond acceptors (Lipinski definition) is 5. The molecule has 0 aromatic heterocycles.